The van der Waals surface area contributed by atoms with Crippen molar-refractivity contribution in [1.29, 1.82) is 0 Å². The van der Waals surface area contributed by atoms with Crippen molar-refractivity contribution in [2.45, 2.75) is 39.2 Å². The molecule has 108 valence electrons. The third-order valence-corrected chi connectivity index (χ3v) is 4.53. The Balaban J connectivity index is 1.67. The van der Waals surface area contributed by atoms with Crippen LogP contribution in [0.3, 0.4) is 0 Å². The standard InChI is InChI=1S/C16H22N2O2/c1-11(17-10-16(2)6-3-7-16)12-4-5-14-13(8-12)18-15(19)9-20-14/h4-5,8,11,17H,3,6-7,9-10H2,1-2H3,(H,18,19). The van der Waals surface area contributed by atoms with E-state index in [1.807, 2.05) is 12.1 Å². The molecule has 0 saturated heterocycles. The Hall–Kier alpha value is -1.55. The van der Waals surface area contributed by atoms with E-state index < -0.39 is 0 Å². The molecule has 1 aromatic carbocycles. The van der Waals surface area contributed by atoms with Crippen molar-refractivity contribution < 1.29 is 9.53 Å². The first-order valence-corrected chi connectivity index (χ1v) is 7.36. The van der Waals surface area contributed by atoms with E-state index in [0.717, 1.165) is 18.0 Å². The molecule has 4 nitrogen and oxygen atoms in total. The number of anilines is 1. The number of rotatable bonds is 4. The zero-order chi connectivity index (χ0) is 14.2. The lowest BCUT2D eigenvalue weighted by atomic mass is 9.70. The van der Waals surface area contributed by atoms with Gasteiger partial charge in [0.1, 0.15) is 5.75 Å². The molecule has 1 fully saturated rings. The number of benzene rings is 1. The van der Waals surface area contributed by atoms with E-state index in [1.54, 1.807) is 0 Å². The van der Waals surface area contributed by atoms with E-state index in [2.05, 4.69) is 30.5 Å². The molecule has 3 rings (SSSR count). The second-order valence-electron chi connectivity index (χ2n) is 6.36. The second kappa shape index (κ2) is 5.09. The number of hydrogen-bond donors (Lipinski definition) is 2. The molecule has 0 radical (unpaired) electrons. The van der Waals surface area contributed by atoms with Gasteiger partial charge in [0.15, 0.2) is 6.61 Å². The normalized spacial score (nSPS) is 21.2. The van der Waals surface area contributed by atoms with Crippen LogP contribution in [0, 0.1) is 5.41 Å². The Morgan fingerprint density at radius 3 is 2.95 bits per heavy atom. The molecule has 0 bridgehead atoms. The fraction of sp³-hybridized carbons (Fsp3) is 0.562. The van der Waals surface area contributed by atoms with Crippen LogP contribution < -0.4 is 15.4 Å². The van der Waals surface area contributed by atoms with Crippen molar-refractivity contribution >= 4 is 11.6 Å². The molecule has 1 heterocycles. The molecule has 1 aliphatic heterocycles. The van der Waals surface area contributed by atoms with Gasteiger partial charge in [-0.1, -0.05) is 19.4 Å². The number of hydrogen-bond acceptors (Lipinski definition) is 3. The molecule has 4 heteroatoms. The van der Waals surface area contributed by atoms with E-state index >= 15 is 0 Å². The third-order valence-electron chi connectivity index (χ3n) is 4.53. The van der Waals surface area contributed by atoms with Crippen LogP contribution in [0.2, 0.25) is 0 Å². The molecular formula is C16H22N2O2. The molecule has 0 aromatic heterocycles. The topological polar surface area (TPSA) is 50.4 Å². The van der Waals surface area contributed by atoms with Gasteiger partial charge < -0.3 is 15.4 Å². The molecular weight excluding hydrogens is 252 g/mol. The minimum absolute atomic E-state index is 0.0859. The van der Waals surface area contributed by atoms with E-state index in [1.165, 1.54) is 24.8 Å². The molecule has 1 aliphatic carbocycles. The summed E-state index contributed by atoms with van der Waals surface area (Å²) < 4.78 is 5.38. The van der Waals surface area contributed by atoms with Crippen LogP contribution in [-0.2, 0) is 4.79 Å². The van der Waals surface area contributed by atoms with Crippen molar-refractivity contribution in [2.75, 3.05) is 18.5 Å². The van der Waals surface area contributed by atoms with Gasteiger partial charge in [-0.2, -0.15) is 0 Å². The largest absolute Gasteiger partial charge is 0.482 e. The number of amides is 1. The molecule has 1 atom stereocenters. The third kappa shape index (κ3) is 2.66. The van der Waals surface area contributed by atoms with E-state index in [4.69, 9.17) is 4.74 Å². The van der Waals surface area contributed by atoms with Gasteiger partial charge in [0, 0.05) is 12.6 Å². The number of ether oxygens (including phenoxy) is 1. The van der Waals surface area contributed by atoms with Crippen molar-refractivity contribution in [3.63, 3.8) is 0 Å². The predicted molar refractivity (Wildman–Crippen MR) is 78.9 cm³/mol. The fourth-order valence-electron chi connectivity index (χ4n) is 2.84. The Morgan fingerprint density at radius 1 is 1.45 bits per heavy atom. The van der Waals surface area contributed by atoms with Crippen LogP contribution in [0.4, 0.5) is 5.69 Å². The molecule has 20 heavy (non-hydrogen) atoms. The zero-order valence-corrected chi connectivity index (χ0v) is 12.2. The van der Waals surface area contributed by atoms with Crippen LogP contribution in [0.1, 0.15) is 44.7 Å². The minimum Gasteiger partial charge on any atom is -0.482 e. The van der Waals surface area contributed by atoms with Crippen molar-refractivity contribution in [2.24, 2.45) is 5.41 Å². The number of carbonyl (C=O) groups excluding carboxylic acids is 1. The molecule has 2 N–H and O–H groups in total. The minimum atomic E-state index is -0.0859. The lowest BCUT2D eigenvalue weighted by molar-refractivity contribution is -0.118. The molecule has 1 amide bonds. The molecule has 2 aliphatic rings. The van der Waals surface area contributed by atoms with Gasteiger partial charge in [-0.15, -0.1) is 0 Å². The Labute approximate surface area is 119 Å². The Morgan fingerprint density at radius 2 is 2.25 bits per heavy atom. The average Bonchev–Trinajstić information content (AvgIpc) is 2.41. The highest BCUT2D eigenvalue weighted by atomic mass is 16.5. The highest BCUT2D eigenvalue weighted by Gasteiger charge is 2.31. The summed E-state index contributed by atoms with van der Waals surface area (Å²) in [4.78, 5) is 11.4. The summed E-state index contributed by atoms with van der Waals surface area (Å²) in [5, 5.41) is 6.46. The van der Waals surface area contributed by atoms with Crippen LogP contribution in [0.25, 0.3) is 0 Å². The maximum atomic E-state index is 11.4. The molecule has 1 unspecified atom stereocenters. The summed E-state index contributed by atoms with van der Waals surface area (Å²) in [6, 6.07) is 6.29. The van der Waals surface area contributed by atoms with Gasteiger partial charge in [-0.25, -0.2) is 0 Å². The lowest BCUT2D eigenvalue weighted by Gasteiger charge is -2.39. The highest BCUT2D eigenvalue weighted by Crippen LogP contribution is 2.40. The van der Waals surface area contributed by atoms with Crippen molar-refractivity contribution in [3.8, 4) is 5.75 Å². The van der Waals surface area contributed by atoms with Crippen molar-refractivity contribution in [3.05, 3.63) is 23.8 Å². The summed E-state index contributed by atoms with van der Waals surface area (Å²) in [5.41, 5.74) is 2.43. The number of carbonyl (C=O) groups is 1. The maximum absolute atomic E-state index is 11.4. The van der Waals surface area contributed by atoms with Crippen LogP contribution in [-0.4, -0.2) is 19.1 Å². The summed E-state index contributed by atoms with van der Waals surface area (Å²) >= 11 is 0. The first-order valence-electron chi connectivity index (χ1n) is 7.36. The predicted octanol–water partition coefficient (Wildman–Crippen LogP) is 2.86. The monoisotopic (exact) mass is 274 g/mol. The van der Waals surface area contributed by atoms with E-state index in [0.29, 0.717) is 5.41 Å². The van der Waals surface area contributed by atoms with Crippen LogP contribution >= 0.6 is 0 Å². The van der Waals surface area contributed by atoms with E-state index in [9.17, 15) is 4.79 Å². The highest BCUT2D eigenvalue weighted by molar-refractivity contribution is 5.95. The first-order chi connectivity index (χ1) is 9.56. The Bertz CT molecular complexity index is 523. The van der Waals surface area contributed by atoms with Crippen LogP contribution in [0.5, 0.6) is 5.75 Å². The first kappa shape index (κ1) is 13.4. The van der Waals surface area contributed by atoms with Crippen molar-refractivity contribution in [1.82, 2.24) is 5.32 Å². The van der Waals surface area contributed by atoms with Gasteiger partial charge in [-0.3, -0.25) is 4.79 Å². The smallest absolute Gasteiger partial charge is 0.262 e. The average molecular weight is 274 g/mol. The number of fused-ring (bicyclic) bond motifs is 1. The second-order valence-corrected chi connectivity index (χ2v) is 6.36. The Kier molecular flexibility index (Phi) is 3.42. The van der Waals surface area contributed by atoms with Gasteiger partial charge in [0.25, 0.3) is 5.91 Å². The van der Waals surface area contributed by atoms with Gasteiger partial charge in [0.05, 0.1) is 5.69 Å². The summed E-state index contributed by atoms with van der Waals surface area (Å²) in [7, 11) is 0. The SMILES string of the molecule is CC(NCC1(C)CCC1)c1ccc2c(c1)NC(=O)CO2. The quantitative estimate of drug-likeness (QED) is 0.887. The van der Waals surface area contributed by atoms with Gasteiger partial charge >= 0.3 is 0 Å². The van der Waals surface area contributed by atoms with E-state index in [-0.39, 0.29) is 18.6 Å². The number of nitrogens with one attached hydrogen (secondary N) is 2. The summed E-state index contributed by atoms with van der Waals surface area (Å²) in [5.74, 6) is 0.670. The molecule has 1 aromatic rings. The zero-order valence-electron chi connectivity index (χ0n) is 12.2. The van der Waals surface area contributed by atoms with Gasteiger partial charge in [-0.05, 0) is 42.9 Å². The maximum Gasteiger partial charge on any atom is 0.262 e. The summed E-state index contributed by atoms with van der Waals surface area (Å²) in [6.07, 6.45) is 4.00. The lowest BCUT2D eigenvalue weighted by Crippen LogP contribution is -2.38. The fourth-order valence-corrected chi connectivity index (χ4v) is 2.84. The summed E-state index contributed by atoms with van der Waals surface area (Å²) in [6.45, 7) is 5.67. The molecule has 0 spiro atoms. The van der Waals surface area contributed by atoms with Gasteiger partial charge in [0.2, 0.25) is 0 Å². The van der Waals surface area contributed by atoms with Crippen LogP contribution in [0.15, 0.2) is 18.2 Å². The molecule has 1 saturated carbocycles.